The molecule has 6 fully saturated rings. The molecule has 0 aromatic rings. The van der Waals surface area contributed by atoms with Crippen LogP contribution >= 0.6 is 0 Å². The fourth-order valence-corrected chi connectivity index (χ4v) is 9.86. The zero-order valence-corrected chi connectivity index (χ0v) is 20.2. The molecule has 1 saturated heterocycles. The van der Waals surface area contributed by atoms with Crippen molar-refractivity contribution in [3.05, 3.63) is 5.57 Å². The Balaban J connectivity index is 1.22. The highest BCUT2D eigenvalue weighted by Crippen LogP contribution is 2.67. The highest BCUT2D eigenvalue weighted by molar-refractivity contribution is 5.55. The molecule has 0 amide bonds. The second-order valence-corrected chi connectivity index (χ2v) is 13.2. The van der Waals surface area contributed by atoms with Crippen LogP contribution in [-0.2, 0) is 4.79 Å². The third kappa shape index (κ3) is 3.24. The summed E-state index contributed by atoms with van der Waals surface area (Å²) >= 11 is 0. The number of carbonyl (C=O) groups excluding carboxylic acids is 1. The van der Waals surface area contributed by atoms with Gasteiger partial charge in [0.2, 0.25) is 0 Å². The number of halogens is 1. The predicted molar refractivity (Wildman–Crippen MR) is 123 cm³/mol. The number of piperidine rings is 1. The van der Waals surface area contributed by atoms with Gasteiger partial charge in [-0.3, -0.25) is 4.90 Å². The van der Waals surface area contributed by atoms with Crippen molar-refractivity contribution in [2.75, 3.05) is 6.54 Å². The molecule has 6 aliphatic rings. The summed E-state index contributed by atoms with van der Waals surface area (Å²) in [6.45, 7) is 4.86. The summed E-state index contributed by atoms with van der Waals surface area (Å²) in [6.07, 6.45) is 9.74. The standard InChI is InChI=1S/C28H39FN2O2/c1-26(33)9-10-28(29)19(13-26)3-4-21-23-6-5-22(27(23,2)8-7-24(21)28)18(16-32)15-31-20(14-30)11-17-12-25(17)31/h17,19-25,33H,3-13,15H2,1-2H3/t17-,19+,20+,21-,22+,23-,24?,25+,26+,27+,28+/m0/s1. The largest absolute Gasteiger partial charge is 0.390 e. The van der Waals surface area contributed by atoms with E-state index in [1.54, 1.807) is 0 Å². The third-order valence-corrected chi connectivity index (χ3v) is 11.6. The molecule has 4 nitrogen and oxygen atoms in total. The first-order valence-corrected chi connectivity index (χ1v) is 13.5. The second-order valence-electron chi connectivity index (χ2n) is 13.2. The lowest BCUT2D eigenvalue weighted by Gasteiger charge is -2.59. The summed E-state index contributed by atoms with van der Waals surface area (Å²) in [5.74, 6) is 4.22. The Kier molecular flexibility index (Phi) is 4.99. The predicted octanol–water partition coefficient (Wildman–Crippen LogP) is 4.84. The van der Waals surface area contributed by atoms with E-state index in [0.29, 0.717) is 49.6 Å². The molecular weight excluding hydrogens is 415 g/mol. The topological polar surface area (TPSA) is 64.3 Å². The second kappa shape index (κ2) is 7.39. The number of alkyl halides is 1. The van der Waals surface area contributed by atoms with E-state index >= 15 is 4.39 Å². The first-order chi connectivity index (χ1) is 15.7. The number of fused-ring (bicyclic) bond motifs is 6. The molecule has 1 heterocycles. The van der Waals surface area contributed by atoms with Crippen LogP contribution in [0.5, 0.6) is 0 Å². The van der Waals surface area contributed by atoms with Crippen molar-refractivity contribution in [1.29, 1.82) is 5.26 Å². The van der Waals surface area contributed by atoms with Gasteiger partial charge < -0.3 is 5.11 Å². The SMILES string of the molecule is C[C@@]1(O)CC[C@]2(F)C3CC[C@]4(C)[C@@H](C(=C=O)CN5[C@@H]6C[C@@H]6C[C@@H]5C#N)CC[C@H]4[C@@H]3CC[C@@H]2C1. The van der Waals surface area contributed by atoms with E-state index in [0.717, 1.165) is 50.5 Å². The number of rotatable bonds is 3. The Labute approximate surface area is 197 Å². The Bertz CT molecular complexity index is 921. The minimum atomic E-state index is -1.12. The van der Waals surface area contributed by atoms with Gasteiger partial charge in [-0.2, -0.15) is 5.26 Å². The van der Waals surface area contributed by atoms with Crippen LogP contribution in [0.2, 0.25) is 0 Å². The van der Waals surface area contributed by atoms with Gasteiger partial charge in [0.15, 0.2) is 0 Å². The number of hydrogen-bond donors (Lipinski definition) is 1. The maximum absolute atomic E-state index is 16.6. The molecule has 5 aliphatic carbocycles. The maximum Gasteiger partial charge on any atom is 0.125 e. The molecule has 0 bridgehead atoms. The van der Waals surface area contributed by atoms with Crippen molar-refractivity contribution in [2.45, 2.75) is 108 Å². The van der Waals surface area contributed by atoms with Crippen LogP contribution in [0.25, 0.3) is 0 Å². The third-order valence-electron chi connectivity index (χ3n) is 11.6. The summed E-state index contributed by atoms with van der Waals surface area (Å²) in [5.41, 5.74) is -0.911. The van der Waals surface area contributed by atoms with Gasteiger partial charge in [-0.25, -0.2) is 9.18 Å². The van der Waals surface area contributed by atoms with E-state index in [1.807, 2.05) is 6.92 Å². The number of likely N-dealkylation sites (tertiary alicyclic amines) is 1. The molecule has 5 saturated carbocycles. The van der Waals surface area contributed by atoms with Crippen molar-refractivity contribution < 1.29 is 14.3 Å². The molecule has 1 N–H and O–H groups in total. The van der Waals surface area contributed by atoms with Crippen LogP contribution in [0.3, 0.4) is 0 Å². The Morgan fingerprint density at radius 2 is 1.91 bits per heavy atom. The molecule has 0 aromatic carbocycles. The Morgan fingerprint density at radius 1 is 1.09 bits per heavy atom. The summed E-state index contributed by atoms with van der Waals surface area (Å²) in [7, 11) is 0. The molecule has 5 heteroatoms. The first kappa shape index (κ1) is 22.3. The van der Waals surface area contributed by atoms with Gasteiger partial charge in [0, 0.05) is 18.2 Å². The average Bonchev–Trinajstić information content (AvgIpc) is 3.34. The van der Waals surface area contributed by atoms with Crippen molar-refractivity contribution >= 4 is 5.94 Å². The highest BCUT2D eigenvalue weighted by atomic mass is 19.1. The molecule has 0 radical (unpaired) electrons. The number of aliphatic hydroxyl groups is 1. The molecule has 1 unspecified atom stereocenters. The van der Waals surface area contributed by atoms with Crippen LogP contribution in [0, 0.1) is 52.3 Å². The fraction of sp³-hybridized carbons (Fsp3) is 0.893. The molecule has 6 rings (SSSR count). The van der Waals surface area contributed by atoms with Gasteiger partial charge in [-0.15, -0.1) is 0 Å². The van der Waals surface area contributed by atoms with E-state index in [9.17, 15) is 15.2 Å². The lowest BCUT2D eigenvalue weighted by Crippen LogP contribution is -2.58. The van der Waals surface area contributed by atoms with E-state index in [-0.39, 0.29) is 29.2 Å². The quantitative estimate of drug-likeness (QED) is 0.620. The lowest BCUT2D eigenvalue weighted by molar-refractivity contribution is -0.163. The van der Waals surface area contributed by atoms with Gasteiger partial charge in [0.25, 0.3) is 0 Å². The van der Waals surface area contributed by atoms with Crippen LogP contribution in [0.15, 0.2) is 5.57 Å². The normalized spacial score (nSPS) is 54.9. The fourth-order valence-electron chi connectivity index (χ4n) is 9.86. The molecule has 0 aromatic heterocycles. The Morgan fingerprint density at radius 3 is 2.67 bits per heavy atom. The summed E-state index contributed by atoms with van der Waals surface area (Å²) < 4.78 is 16.6. The monoisotopic (exact) mass is 454 g/mol. The van der Waals surface area contributed by atoms with Gasteiger partial charge >= 0.3 is 0 Å². The number of nitrogens with zero attached hydrogens (tertiary/aromatic N) is 2. The molecule has 33 heavy (non-hydrogen) atoms. The summed E-state index contributed by atoms with van der Waals surface area (Å²) in [6, 6.07) is 2.89. The van der Waals surface area contributed by atoms with E-state index in [1.165, 1.54) is 6.42 Å². The zero-order valence-electron chi connectivity index (χ0n) is 20.2. The van der Waals surface area contributed by atoms with E-state index in [2.05, 4.69) is 23.8 Å². The van der Waals surface area contributed by atoms with Crippen molar-refractivity contribution in [3.63, 3.8) is 0 Å². The first-order valence-electron chi connectivity index (χ1n) is 13.5. The molecule has 1 aliphatic heterocycles. The number of hydrogen-bond acceptors (Lipinski definition) is 4. The smallest absolute Gasteiger partial charge is 0.125 e. The molecular formula is C28H39FN2O2. The molecule has 180 valence electrons. The van der Waals surface area contributed by atoms with Gasteiger partial charge in [0.1, 0.15) is 11.6 Å². The van der Waals surface area contributed by atoms with Gasteiger partial charge in [-0.1, -0.05) is 6.92 Å². The summed E-state index contributed by atoms with van der Waals surface area (Å²) in [5, 5.41) is 20.2. The summed E-state index contributed by atoms with van der Waals surface area (Å²) in [4.78, 5) is 14.5. The molecule has 0 spiro atoms. The highest BCUT2D eigenvalue weighted by Gasteiger charge is 2.63. The minimum Gasteiger partial charge on any atom is -0.390 e. The van der Waals surface area contributed by atoms with Crippen LogP contribution in [0.4, 0.5) is 4.39 Å². The van der Waals surface area contributed by atoms with Crippen molar-refractivity contribution in [2.24, 2.45) is 40.9 Å². The average molecular weight is 455 g/mol. The Hall–Kier alpha value is -1.21. The van der Waals surface area contributed by atoms with Crippen LogP contribution in [-0.4, -0.2) is 45.8 Å². The number of nitriles is 1. The van der Waals surface area contributed by atoms with E-state index in [4.69, 9.17) is 0 Å². The van der Waals surface area contributed by atoms with Gasteiger partial charge in [-0.05, 0) is 118 Å². The minimum absolute atomic E-state index is 0.000873. The van der Waals surface area contributed by atoms with Crippen LogP contribution in [0.1, 0.15) is 84.5 Å². The lowest BCUT2D eigenvalue weighted by atomic mass is 9.47. The van der Waals surface area contributed by atoms with Crippen molar-refractivity contribution in [3.8, 4) is 6.07 Å². The van der Waals surface area contributed by atoms with Crippen molar-refractivity contribution in [1.82, 2.24) is 4.90 Å². The zero-order chi connectivity index (χ0) is 23.2. The van der Waals surface area contributed by atoms with E-state index < -0.39 is 11.3 Å². The maximum atomic E-state index is 16.6. The van der Waals surface area contributed by atoms with Crippen LogP contribution < -0.4 is 0 Å². The van der Waals surface area contributed by atoms with Gasteiger partial charge in [0.05, 0.1) is 17.7 Å². The molecule has 11 atom stereocenters.